The summed E-state index contributed by atoms with van der Waals surface area (Å²) < 4.78 is 4.87. The van der Waals surface area contributed by atoms with E-state index in [0.717, 1.165) is 0 Å². The van der Waals surface area contributed by atoms with Crippen molar-refractivity contribution < 1.29 is 9.66 Å². The van der Waals surface area contributed by atoms with E-state index in [1.165, 1.54) is 6.20 Å². The summed E-state index contributed by atoms with van der Waals surface area (Å²) in [7, 11) is 0. The lowest BCUT2D eigenvalue weighted by molar-refractivity contribution is -0.385. The molecule has 0 spiro atoms. The van der Waals surface area contributed by atoms with E-state index in [4.69, 9.17) is 4.74 Å². The molecule has 2 heterocycles. The lowest BCUT2D eigenvalue weighted by atomic mass is 10.3. The van der Waals surface area contributed by atoms with Crippen molar-refractivity contribution in [3.05, 3.63) is 22.0 Å². The fourth-order valence-electron chi connectivity index (χ4n) is 0.887. The van der Waals surface area contributed by atoms with Gasteiger partial charge in [0.25, 0.3) is 0 Å². The molecule has 0 amide bonds. The van der Waals surface area contributed by atoms with Crippen molar-refractivity contribution in [1.82, 2.24) is 10.2 Å². The number of epoxide rings is 1. The molecule has 58 valence electrons. The number of aromatic amines is 1. The summed E-state index contributed by atoms with van der Waals surface area (Å²) in [5.74, 6) is 0. The van der Waals surface area contributed by atoms with Crippen molar-refractivity contribution in [3.63, 3.8) is 0 Å². The van der Waals surface area contributed by atoms with E-state index in [1.807, 2.05) is 0 Å². The Balaban J connectivity index is 2.37. The van der Waals surface area contributed by atoms with Gasteiger partial charge in [0.2, 0.25) is 0 Å². The Morgan fingerprint density at radius 3 is 3.18 bits per heavy atom. The highest BCUT2D eigenvalue weighted by Crippen LogP contribution is 2.33. The van der Waals surface area contributed by atoms with Crippen LogP contribution in [0.15, 0.2) is 6.20 Å². The smallest absolute Gasteiger partial charge is 0.312 e. The Bertz CT molecular complexity index is 291. The second-order valence-corrected chi connectivity index (χ2v) is 2.25. The van der Waals surface area contributed by atoms with E-state index in [1.54, 1.807) is 0 Å². The van der Waals surface area contributed by atoms with E-state index < -0.39 is 4.92 Å². The van der Waals surface area contributed by atoms with Crippen LogP contribution in [0, 0.1) is 10.1 Å². The van der Waals surface area contributed by atoms with Crippen LogP contribution in [0.1, 0.15) is 11.8 Å². The van der Waals surface area contributed by atoms with Crippen molar-refractivity contribution in [2.75, 3.05) is 6.61 Å². The Morgan fingerprint density at radius 1 is 1.91 bits per heavy atom. The number of ether oxygens (including phenoxy) is 1. The molecule has 6 heteroatoms. The molecular formula is C5H5N3O3. The van der Waals surface area contributed by atoms with Crippen molar-refractivity contribution in [1.29, 1.82) is 0 Å². The predicted octanol–water partition coefficient (Wildman–Crippen LogP) is 0.389. The molecule has 1 aliphatic rings. The molecule has 0 saturated carbocycles. The topological polar surface area (TPSA) is 84.3 Å². The molecule has 1 aromatic rings. The number of aromatic nitrogens is 2. The number of nitro groups is 1. The van der Waals surface area contributed by atoms with E-state index in [0.29, 0.717) is 12.3 Å². The van der Waals surface area contributed by atoms with Crippen LogP contribution in [-0.4, -0.2) is 21.7 Å². The lowest BCUT2D eigenvalue weighted by Crippen LogP contribution is -1.91. The van der Waals surface area contributed by atoms with Gasteiger partial charge in [-0.25, -0.2) is 0 Å². The molecule has 1 saturated heterocycles. The van der Waals surface area contributed by atoms with Crippen LogP contribution in [0.25, 0.3) is 0 Å². The predicted molar refractivity (Wildman–Crippen MR) is 33.9 cm³/mol. The molecular weight excluding hydrogens is 150 g/mol. The number of nitrogens with one attached hydrogen (secondary N) is 1. The average molecular weight is 155 g/mol. The second kappa shape index (κ2) is 2.03. The Labute approximate surface area is 61.3 Å². The number of nitrogens with zero attached hydrogens (tertiary/aromatic N) is 2. The number of hydrogen-bond donors (Lipinski definition) is 1. The zero-order valence-corrected chi connectivity index (χ0v) is 5.48. The first kappa shape index (κ1) is 6.29. The molecule has 0 radical (unpaired) electrons. The Hall–Kier alpha value is -1.43. The van der Waals surface area contributed by atoms with Gasteiger partial charge >= 0.3 is 5.69 Å². The molecule has 6 nitrogen and oxygen atoms in total. The summed E-state index contributed by atoms with van der Waals surface area (Å²) in [4.78, 5) is 9.83. The molecule has 1 N–H and O–H groups in total. The first-order chi connectivity index (χ1) is 5.29. The van der Waals surface area contributed by atoms with Crippen LogP contribution in [0.3, 0.4) is 0 Å². The number of hydrogen-bond acceptors (Lipinski definition) is 4. The van der Waals surface area contributed by atoms with Gasteiger partial charge in [-0.15, -0.1) is 0 Å². The monoisotopic (exact) mass is 155 g/mol. The van der Waals surface area contributed by atoms with Gasteiger partial charge in [-0.05, 0) is 0 Å². The summed E-state index contributed by atoms with van der Waals surface area (Å²) >= 11 is 0. The van der Waals surface area contributed by atoms with Crippen LogP contribution in [0.5, 0.6) is 0 Å². The third-order valence-corrected chi connectivity index (χ3v) is 1.50. The minimum Gasteiger partial charge on any atom is -0.366 e. The highest BCUT2D eigenvalue weighted by molar-refractivity contribution is 5.35. The highest BCUT2D eigenvalue weighted by atomic mass is 16.6. The van der Waals surface area contributed by atoms with Gasteiger partial charge < -0.3 is 4.74 Å². The van der Waals surface area contributed by atoms with Gasteiger partial charge in [0.05, 0.1) is 11.5 Å². The number of rotatable bonds is 2. The molecule has 1 atom stereocenters. The number of H-pyrrole nitrogens is 1. The molecule has 0 aromatic carbocycles. The maximum absolute atomic E-state index is 10.3. The Kier molecular flexibility index (Phi) is 1.16. The standard InChI is InChI=1S/C5H5N3O3/c9-8(10)3-1-6-7-5(3)4-2-11-4/h1,4H,2H2,(H,6,7)/t4-/m0/s1. The van der Waals surface area contributed by atoms with Crippen molar-refractivity contribution in [3.8, 4) is 0 Å². The molecule has 1 fully saturated rings. The van der Waals surface area contributed by atoms with E-state index in [-0.39, 0.29) is 11.8 Å². The SMILES string of the molecule is O=[N+]([O-])c1cn[nH]c1[C@@H]1CO1. The summed E-state index contributed by atoms with van der Waals surface area (Å²) in [6.07, 6.45) is 1.05. The van der Waals surface area contributed by atoms with Crippen LogP contribution >= 0.6 is 0 Å². The summed E-state index contributed by atoms with van der Waals surface area (Å²) in [5.41, 5.74) is 0.475. The first-order valence-electron chi connectivity index (χ1n) is 3.08. The largest absolute Gasteiger partial charge is 0.366 e. The quantitative estimate of drug-likeness (QED) is 0.380. The first-order valence-corrected chi connectivity index (χ1v) is 3.08. The van der Waals surface area contributed by atoms with Gasteiger partial charge in [0, 0.05) is 0 Å². The molecule has 1 aliphatic heterocycles. The molecule has 1 aromatic heterocycles. The van der Waals surface area contributed by atoms with Crippen LogP contribution in [-0.2, 0) is 4.74 Å². The second-order valence-electron chi connectivity index (χ2n) is 2.25. The van der Waals surface area contributed by atoms with Gasteiger partial charge in [0.1, 0.15) is 18.0 Å². The van der Waals surface area contributed by atoms with Gasteiger partial charge in [-0.1, -0.05) is 0 Å². The molecule has 2 rings (SSSR count). The summed E-state index contributed by atoms with van der Waals surface area (Å²) in [6, 6.07) is 0. The van der Waals surface area contributed by atoms with Crippen molar-refractivity contribution in [2.24, 2.45) is 0 Å². The minimum absolute atomic E-state index is 0.00694. The van der Waals surface area contributed by atoms with Crippen LogP contribution in [0.4, 0.5) is 5.69 Å². The molecule has 0 unspecified atom stereocenters. The summed E-state index contributed by atoms with van der Waals surface area (Å²) in [6.45, 7) is 0.545. The molecule has 0 aliphatic carbocycles. The molecule has 0 bridgehead atoms. The third-order valence-electron chi connectivity index (χ3n) is 1.50. The van der Waals surface area contributed by atoms with E-state index >= 15 is 0 Å². The maximum atomic E-state index is 10.3. The van der Waals surface area contributed by atoms with Crippen LogP contribution < -0.4 is 0 Å². The van der Waals surface area contributed by atoms with Crippen LogP contribution in [0.2, 0.25) is 0 Å². The van der Waals surface area contributed by atoms with Crippen molar-refractivity contribution >= 4 is 5.69 Å². The summed E-state index contributed by atoms with van der Waals surface area (Å²) in [5, 5.41) is 16.4. The zero-order chi connectivity index (χ0) is 7.84. The van der Waals surface area contributed by atoms with E-state index in [9.17, 15) is 10.1 Å². The van der Waals surface area contributed by atoms with Gasteiger partial charge in [0.15, 0.2) is 0 Å². The highest BCUT2D eigenvalue weighted by Gasteiger charge is 2.33. The lowest BCUT2D eigenvalue weighted by Gasteiger charge is -1.87. The van der Waals surface area contributed by atoms with Gasteiger partial charge in [-0.3, -0.25) is 15.2 Å². The van der Waals surface area contributed by atoms with Gasteiger partial charge in [-0.2, -0.15) is 5.10 Å². The third kappa shape index (κ3) is 0.966. The van der Waals surface area contributed by atoms with Crippen molar-refractivity contribution in [2.45, 2.75) is 6.10 Å². The maximum Gasteiger partial charge on any atom is 0.312 e. The Morgan fingerprint density at radius 2 is 2.64 bits per heavy atom. The fraction of sp³-hybridized carbons (Fsp3) is 0.400. The fourth-order valence-corrected chi connectivity index (χ4v) is 0.887. The zero-order valence-electron chi connectivity index (χ0n) is 5.48. The minimum atomic E-state index is -0.472. The average Bonchev–Trinajstić information content (AvgIpc) is 2.68. The van der Waals surface area contributed by atoms with E-state index in [2.05, 4.69) is 10.2 Å². The normalized spacial score (nSPS) is 21.6. The molecule has 11 heavy (non-hydrogen) atoms.